The number of carbonyl (C=O) groups is 1. The second-order valence-electron chi connectivity index (χ2n) is 5.13. The molecule has 0 bridgehead atoms. The van der Waals surface area contributed by atoms with Gasteiger partial charge in [-0.2, -0.15) is 0 Å². The topological polar surface area (TPSA) is 48.1 Å². The summed E-state index contributed by atoms with van der Waals surface area (Å²) in [5.41, 5.74) is 2.15. The zero-order valence-corrected chi connectivity index (χ0v) is 12.6. The van der Waals surface area contributed by atoms with Gasteiger partial charge in [-0.1, -0.05) is 31.2 Å². The molecule has 1 saturated heterocycles. The molecule has 0 radical (unpaired) electrons. The van der Waals surface area contributed by atoms with Crippen LogP contribution in [0.5, 0.6) is 11.5 Å². The quantitative estimate of drug-likeness (QED) is 0.483. The highest BCUT2D eigenvalue weighted by atomic mass is 16.6. The van der Waals surface area contributed by atoms with E-state index in [1.165, 1.54) is 0 Å². The van der Waals surface area contributed by atoms with Crippen LogP contribution in [0.1, 0.15) is 24.2 Å². The number of para-hydroxylation sites is 1. The van der Waals surface area contributed by atoms with E-state index in [0.29, 0.717) is 5.75 Å². The Bertz CT molecular complexity index is 666. The summed E-state index contributed by atoms with van der Waals surface area (Å²) in [6.07, 6.45) is 0.100. The maximum absolute atomic E-state index is 12.1. The number of benzene rings is 2. The number of hydrogen-bond acceptors (Lipinski definition) is 4. The lowest BCUT2D eigenvalue weighted by Crippen LogP contribution is -2.15. The Balaban J connectivity index is 1.70. The third-order valence-electron chi connectivity index (χ3n) is 3.72. The van der Waals surface area contributed by atoms with E-state index in [4.69, 9.17) is 14.2 Å². The number of rotatable bonds is 5. The average molecular weight is 298 g/mol. The highest BCUT2D eigenvalue weighted by Crippen LogP contribution is 2.42. The van der Waals surface area contributed by atoms with Crippen LogP contribution in [0.25, 0.3) is 0 Å². The van der Waals surface area contributed by atoms with Gasteiger partial charge in [0.25, 0.3) is 0 Å². The van der Waals surface area contributed by atoms with Gasteiger partial charge in [0, 0.05) is 0 Å². The molecule has 0 spiro atoms. The van der Waals surface area contributed by atoms with Crippen molar-refractivity contribution in [1.82, 2.24) is 0 Å². The Hall–Kier alpha value is -2.33. The van der Waals surface area contributed by atoms with Crippen LogP contribution >= 0.6 is 0 Å². The summed E-state index contributed by atoms with van der Waals surface area (Å²) >= 11 is 0. The Morgan fingerprint density at radius 2 is 1.91 bits per heavy atom. The molecule has 0 aromatic heterocycles. The van der Waals surface area contributed by atoms with E-state index in [2.05, 4.69) is 6.92 Å². The van der Waals surface area contributed by atoms with E-state index in [1.54, 1.807) is 19.2 Å². The summed E-state index contributed by atoms with van der Waals surface area (Å²) in [7, 11) is 1.64. The fourth-order valence-electron chi connectivity index (χ4n) is 2.48. The predicted octanol–water partition coefficient (Wildman–Crippen LogP) is 3.30. The van der Waals surface area contributed by atoms with E-state index in [1.807, 2.05) is 36.4 Å². The zero-order valence-electron chi connectivity index (χ0n) is 12.6. The second kappa shape index (κ2) is 6.20. The smallest absolute Gasteiger partial charge is 0.343 e. The van der Waals surface area contributed by atoms with Crippen molar-refractivity contribution in [2.45, 2.75) is 25.6 Å². The monoisotopic (exact) mass is 298 g/mol. The fourth-order valence-corrected chi connectivity index (χ4v) is 2.48. The van der Waals surface area contributed by atoms with Crippen LogP contribution in [-0.4, -0.2) is 19.2 Å². The molecule has 1 fully saturated rings. The molecule has 2 atom stereocenters. The summed E-state index contributed by atoms with van der Waals surface area (Å²) in [6.45, 7) is 2.07. The molecule has 1 aliphatic heterocycles. The summed E-state index contributed by atoms with van der Waals surface area (Å²) < 4.78 is 16.1. The zero-order chi connectivity index (χ0) is 15.5. The van der Waals surface area contributed by atoms with Crippen molar-refractivity contribution in [3.8, 4) is 11.5 Å². The van der Waals surface area contributed by atoms with Gasteiger partial charge in [0.15, 0.2) is 6.10 Å². The Morgan fingerprint density at radius 1 is 1.14 bits per heavy atom. The van der Waals surface area contributed by atoms with Crippen LogP contribution < -0.4 is 9.47 Å². The van der Waals surface area contributed by atoms with Crippen LogP contribution in [-0.2, 0) is 16.0 Å². The summed E-state index contributed by atoms with van der Waals surface area (Å²) in [6, 6.07) is 14.8. The van der Waals surface area contributed by atoms with Crippen molar-refractivity contribution < 1.29 is 19.0 Å². The predicted molar refractivity (Wildman–Crippen MR) is 82.1 cm³/mol. The molecular weight excluding hydrogens is 280 g/mol. The lowest BCUT2D eigenvalue weighted by Gasteiger charge is -2.08. The van der Waals surface area contributed by atoms with E-state index in [9.17, 15) is 4.79 Å². The van der Waals surface area contributed by atoms with Gasteiger partial charge in [-0.15, -0.1) is 0 Å². The number of carbonyl (C=O) groups excluding carboxylic acids is 1. The second-order valence-corrected chi connectivity index (χ2v) is 5.13. The summed E-state index contributed by atoms with van der Waals surface area (Å²) in [5, 5.41) is 0. The first-order chi connectivity index (χ1) is 10.7. The van der Waals surface area contributed by atoms with Crippen LogP contribution in [0, 0.1) is 0 Å². The molecule has 0 N–H and O–H groups in total. The minimum absolute atomic E-state index is 0.225. The van der Waals surface area contributed by atoms with Crippen LogP contribution in [0.2, 0.25) is 0 Å². The van der Waals surface area contributed by atoms with Crippen molar-refractivity contribution in [3.05, 3.63) is 59.7 Å². The molecule has 2 aromatic carbocycles. The van der Waals surface area contributed by atoms with Crippen molar-refractivity contribution >= 4 is 5.97 Å². The SMILES string of the molecule is CCc1cc(OC)ccc1C1OC1C(=O)Oc1ccccc1. The highest BCUT2D eigenvalue weighted by Gasteiger charge is 2.48. The molecule has 4 heteroatoms. The Kier molecular flexibility index (Phi) is 4.11. The lowest BCUT2D eigenvalue weighted by atomic mass is 10.0. The molecule has 1 heterocycles. The normalized spacial score (nSPS) is 19.5. The maximum Gasteiger partial charge on any atom is 0.343 e. The molecule has 2 unspecified atom stereocenters. The number of esters is 1. The van der Waals surface area contributed by atoms with Crippen LogP contribution in [0.4, 0.5) is 0 Å². The van der Waals surface area contributed by atoms with Gasteiger partial charge >= 0.3 is 5.97 Å². The molecule has 3 rings (SSSR count). The standard InChI is InChI=1S/C18H18O4/c1-3-12-11-14(20-2)9-10-15(12)16-17(22-16)18(19)21-13-7-5-4-6-8-13/h4-11,16-17H,3H2,1-2H3. The number of ether oxygens (including phenoxy) is 3. The first kappa shape index (κ1) is 14.6. The first-order valence-corrected chi connectivity index (χ1v) is 7.32. The first-order valence-electron chi connectivity index (χ1n) is 7.32. The van der Waals surface area contributed by atoms with Crippen molar-refractivity contribution in [2.24, 2.45) is 0 Å². The largest absolute Gasteiger partial charge is 0.497 e. The minimum Gasteiger partial charge on any atom is -0.497 e. The van der Waals surface area contributed by atoms with Gasteiger partial charge in [-0.3, -0.25) is 0 Å². The maximum atomic E-state index is 12.1. The van der Waals surface area contributed by atoms with Crippen LogP contribution in [0.15, 0.2) is 48.5 Å². The number of methoxy groups -OCH3 is 1. The molecule has 22 heavy (non-hydrogen) atoms. The molecule has 114 valence electrons. The van der Waals surface area contributed by atoms with Crippen molar-refractivity contribution in [2.75, 3.05) is 7.11 Å². The van der Waals surface area contributed by atoms with Crippen molar-refractivity contribution in [3.63, 3.8) is 0 Å². The van der Waals surface area contributed by atoms with E-state index in [-0.39, 0.29) is 12.1 Å². The average Bonchev–Trinajstić information content (AvgIpc) is 3.35. The van der Waals surface area contributed by atoms with Gasteiger partial charge in [0.05, 0.1) is 7.11 Å². The summed E-state index contributed by atoms with van der Waals surface area (Å²) in [4.78, 5) is 12.1. The molecule has 4 nitrogen and oxygen atoms in total. The van der Waals surface area contributed by atoms with Gasteiger partial charge in [-0.05, 0) is 41.8 Å². The van der Waals surface area contributed by atoms with Gasteiger partial charge in [0.2, 0.25) is 0 Å². The third-order valence-corrected chi connectivity index (χ3v) is 3.72. The van der Waals surface area contributed by atoms with Crippen LogP contribution in [0.3, 0.4) is 0 Å². The number of aryl methyl sites for hydroxylation is 1. The van der Waals surface area contributed by atoms with Gasteiger partial charge in [0.1, 0.15) is 17.6 Å². The molecule has 0 aliphatic carbocycles. The van der Waals surface area contributed by atoms with E-state index in [0.717, 1.165) is 23.3 Å². The highest BCUT2D eigenvalue weighted by molar-refractivity contribution is 5.80. The molecule has 2 aromatic rings. The fraction of sp³-hybridized carbons (Fsp3) is 0.278. The molecular formula is C18H18O4. The molecule has 0 saturated carbocycles. The third kappa shape index (κ3) is 2.97. The summed E-state index contributed by atoms with van der Waals surface area (Å²) in [5.74, 6) is 0.992. The number of hydrogen-bond donors (Lipinski definition) is 0. The molecule has 0 amide bonds. The Morgan fingerprint density at radius 3 is 2.59 bits per heavy atom. The lowest BCUT2D eigenvalue weighted by molar-refractivity contribution is -0.135. The van der Waals surface area contributed by atoms with Gasteiger partial charge in [-0.25, -0.2) is 4.79 Å². The van der Waals surface area contributed by atoms with Gasteiger partial charge < -0.3 is 14.2 Å². The van der Waals surface area contributed by atoms with Crippen molar-refractivity contribution in [1.29, 1.82) is 0 Å². The van der Waals surface area contributed by atoms with E-state index >= 15 is 0 Å². The molecule has 1 aliphatic rings. The minimum atomic E-state index is -0.529. The number of epoxide rings is 1. The van der Waals surface area contributed by atoms with E-state index < -0.39 is 6.10 Å². The Labute approximate surface area is 129 Å².